The number of sulfonamides is 2. The van der Waals surface area contributed by atoms with Crippen LogP contribution in [0, 0.1) is 6.92 Å². The molecule has 3 heterocycles. The van der Waals surface area contributed by atoms with Gasteiger partial charge in [-0.3, -0.25) is 4.79 Å². The lowest BCUT2D eigenvalue weighted by molar-refractivity contribution is 0.0669. The lowest BCUT2D eigenvalue weighted by Gasteiger charge is -2.32. The van der Waals surface area contributed by atoms with E-state index in [0.29, 0.717) is 32.5 Å². The van der Waals surface area contributed by atoms with Crippen LogP contribution in [0.2, 0.25) is 0 Å². The van der Waals surface area contributed by atoms with Crippen LogP contribution in [0.1, 0.15) is 42.0 Å². The third-order valence-corrected chi connectivity index (χ3v) is 7.62. The van der Waals surface area contributed by atoms with Crippen LogP contribution in [-0.2, 0) is 20.0 Å². The van der Waals surface area contributed by atoms with E-state index in [1.54, 1.807) is 0 Å². The fourth-order valence-corrected chi connectivity index (χ4v) is 6.09. The Morgan fingerprint density at radius 1 is 1.15 bits per heavy atom. The van der Waals surface area contributed by atoms with Crippen LogP contribution in [0.5, 0.6) is 0 Å². The van der Waals surface area contributed by atoms with Gasteiger partial charge in [0.2, 0.25) is 20.0 Å². The van der Waals surface area contributed by atoms with Gasteiger partial charge in [-0.15, -0.1) is 0 Å². The van der Waals surface area contributed by atoms with Gasteiger partial charge < -0.3 is 9.32 Å². The number of hydrogen-bond acceptors (Lipinski definition) is 6. The van der Waals surface area contributed by atoms with Crippen molar-refractivity contribution in [2.75, 3.05) is 32.4 Å². The Kier molecular flexibility index (Phi) is 5.67. The average molecular weight is 420 g/mol. The number of nitrogens with one attached hydrogen (secondary N) is 1. The maximum absolute atomic E-state index is 12.8. The molecule has 1 amide bonds. The van der Waals surface area contributed by atoms with Crippen LogP contribution < -0.4 is 4.72 Å². The second kappa shape index (κ2) is 7.53. The lowest BCUT2D eigenvalue weighted by atomic mass is 10.1. The summed E-state index contributed by atoms with van der Waals surface area (Å²) in [6.07, 6.45) is 4.02. The van der Waals surface area contributed by atoms with Gasteiger partial charge in [0.05, 0.1) is 6.26 Å². The van der Waals surface area contributed by atoms with Gasteiger partial charge in [0.1, 0.15) is 10.7 Å². The molecular weight excluding hydrogens is 394 g/mol. The molecule has 0 aromatic carbocycles. The second-order valence-corrected chi connectivity index (χ2v) is 10.8. The van der Waals surface area contributed by atoms with E-state index in [0.717, 1.165) is 19.1 Å². The summed E-state index contributed by atoms with van der Waals surface area (Å²) < 4.78 is 57.7. The summed E-state index contributed by atoms with van der Waals surface area (Å²) in [6.45, 7) is 3.17. The van der Waals surface area contributed by atoms with Crippen LogP contribution in [0.3, 0.4) is 0 Å². The first-order chi connectivity index (χ1) is 12.6. The summed E-state index contributed by atoms with van der Waals surface area (Å²) in [4.78, 5) is 14.3. The quantitative estimate of drug-likeness (QED) is 0.744. The van der Waals surface area contributed by atoms with Crippen LogP contribution in [-0.4, -0.2) is 70.4 Å². The molecule has 0 saturated carbocycles. The number of furan rings is 1. The van der Waals surface area contributed by atoms with E-state index in [9.17, 15) is 21.6 Å². The minimum atomic E-state index is -3.67. The van der Waals surface area contributed by atoms with Gasteiger partial charge in [0.15, 0.2) is 5.76 Å². The van der Waals surface area contributed by atoms with E-state index in [2.05, 4.69) is 4.72 Å². The smallest absolute Gasteiger partial charge is 0.289 e. The Hall–Kier alpha value is -1.43. The molecule has 0 bridgehead atoms. The highest BCUT2D eigenvalue weighted by molar-refractivity contribution is 7.89. The number of hydrogen-bond donors (Lipinski definition) is 1. The Morgan fingerprint density at radius 3 is 2.44 bits per heavy atom. The van der Waals surface area contributed by atoms with E-state index >= 15 is 0 Å². The molecule has 152 valence electrons. The van der Waals surface area contributed by atoms with Crippen LogP contribution in [0.4, 0.5) is 0 Å². The first-order valence-corrected chi connectivity index (χ1v) is 12.3. The number of amides is 1. The number of carbonyl (C=O) groups is 1. The topological polar surface area (TPSA) is 117 Å². The van der Waals surface area contributed by atoms with Crippen LogP contribution in [0.15, 0.2) is 15.4 Å². The van der Waals surface area contributed by atoms with Gasteiger partial charge in [-0.05, 0) is 32.6 Å². The normalized spacial score (nSPS) is 22.3. The molecule has 1 aromatic rings. The molecule has 1 aromatic heterocycles. The van der Waals surface area contributed by atoms with Gasteiger partial charge in [0, 0.05) is 38.3 Å². The van der Waals surface area contributed by atoms with Crippen molar-refractivity contribution in [2.45, 2.75) is 43.5 Å². The molecule has 9 nitrogen and oxygen atoms in total. The fourth-order valence-electron chi connectivity index (χ4n) is 3.61. The molecule has 1 N–H and O–H groups in total. The van der Waals surface area contributed by atoms with Crippen molar-refractivity contribution in [3.05, 3.63) is 17.6 Å². The molecule has 1 atom stereocenters. The molecule has 2 aliphatic heterocycles. The number of carbonyl (C=O) groups excluding carboxylic acids is 1. The van der Waals surface area contributed by atoms with Gasteiger partial charge in [0.25, 0.3) is 5.91 Å². The minimum Gasteiger partial charge on any atom is -0.455 e. The van der Waals surface area contributed by atoms with Crippen molar-refractivity contribution < 1.29 is 26.0 Å². The average Bonchev–Trinajstić information content (AvgIpc) is 3.23. The molecule has 27 heavy (non-hydrogen) atoms. The number of likely N-dealkylation sites (tertiary alicyclic amines) is 1. The van der Waals surface area contributed by atoms with E-state index in [-0.39, 0.29) is 29.0 Å². The zero-order chi connectivity index (χ0) is 19.8. The van der Waals surface area contributed by atoms with Crippen molar-refractivity contribution >= 4 is 26.0 Å². The molecule has 0 radical (unpaired) electrons. The summed E-state index contributed by atoms with van der Waals surface area (Å²) in [6, 6.07) is 0.931. The first-order valence-electron chi connectivity index (χ1n) is 8.95. The zero-order valence-corrected chi connectivity index (χ0v) is 17.1. The highest BCUT2D eigenvalue weighted by atomic mass is 32.2. The van der Waals surface area contributed by atoms with Crippen molar-refractivity contribution in [3.8, 4) is 0 Å². The van der Waals surface area contributed by atoms with E-state index in [4.69, 9.17) is 4.42 Å². The highest BCUT2D eigenvalue weighted by Crippen LogP contribution is 2.27. The largest absolute Gasteiger partial charge is 0.455 e. The summed E-state index contributed by atoms with van der Waals surface area (Å²) >= 11 is 0. The maximum Gasteiger partial charge on any atom is 0.289 e. The summed E-state index contributed by atoms with van der Waals surface area (Å²) in [5, 5.41) is 0. The molecule has 2 saturated heterocycles. The number of nitrogens with zero attached hydrogens (tertiary/aromatic N) is 2. The Bertz CT molecular complexity index is 916. The molecule has 2 aliphatic rings. The predicted molar refractivity (Wildman–Crippen MR) is 98.3 cm³/mol. The molecular formula is C16H25N3O6S2. The highest BCUT2D eigenvalue weighted by Gasteiger charge is 2.33. The van der Waals surface area contributed by atoms with Crippen molar-refractivity contribution in [2.24, 2.45) is 0 Å². The number of rotatable bonds is 5. The Balaban J connectivity index is 1.78. The Labute approximate surface area is 159 Å². The van der Waals surface area contributed by atoms with E-state index in [1.165, 1.54) is 22.2 Å². The summed E-state index contributed by atoms with van der Waals surface area (Å²) in [5.74, 6) is -0.278. The summed E-state index contributed by atoms with van der Waals surface area (Å²) in [5.41, 5.74) is 0. The number of piperidine rings is 1. The number of aryl methyl sites for hydroxylation is 1. The molecule has 3 rings (SSSR count). The van der Waals surface area contributed by atoms with E-state index < -0.39 is 26.0 Å². The van der Waals surface area contributed by atoms with Crippen molar-refractivity contribution in [3.63, 3.8) is 0 Å². The minimum absolute atomic E-state index is 0.0237. The van der Waals surface area contributed by atoms with Crippen molar-refractivity contribution in [1.82, 2.24) is 13.9 Å². The third-order valence-electron chi connectivity index (χ3n) is 4.86. The third kappa shape index (κ3) is 4.53. The molecule has 2 fully saturated rings. The van der Waals surface area contributed by atoms with E-state index in [1.807, 2.05) is 0 Å². The summed E-state index contributed by atoms with van der Waals surface area (Å²) in [7, 11) is -7.04. The molecule has 11 heteroatoms. The Morgan fingerprint density at radius 2 is 1.81 bits per heavy atom. The SMILES string of the molecule is Cc1oc(C(=O)N2CCC[C@@H](NS(C)(=O)=O)C2)cc1S(=O)(=O)N1CCCC1. The maximum atomic E-state index is 12.8. The van der Waals surface area contributed by atoms with Gasteiger partial charge >= 0.3 is 0 Å². The standard InChI is InChI=1S/C16H25N3O6S2/c1-12-15(27(23,24)19-8-3-4-9-19)10-14(25-12)16(20)18-7-5-6-13(11-18)17-26(2,21)22/h10,13,17H,3-9,11H2,1-2H3/t13-/m1/s1. The zero-order valence-electron chi connectivity index (χ0n) is 15.5. The second-order valence-electron chi connectivity index (χ2n) is 7.12. The van der Waals surface area contributed by atoms with Crippen LogP contribution in [0.25, 0.3) is 0 Å². The van der Waals surface area contributed by atoms with Gasteiger partial charge in [-0.1, -0.05) is 0 Å². The van der Waals surface area contributed by atoms with Gasteiger partial charge in [-0.25, -0.2) is 21.6 Å². The molecule has 0 unspecified atom stereocenters. The lowest BCUT2D eigenvalue weighted by Crippen LogP contribution is -2.49. The molecule has 0 spiro atoms. The fraction of sp³-hybridized carbons (Fsp3) is 0.688. The first kappa shape index (κ1) is 20.3. The van der Waals surface area contributed by atoms with Crippen molar-refractivity contribution in [1.29, 1.82) is 0 Å². The van der Waals surface area contributed by atoms with Crippen LogP contribution >= 0.6 is 0 Å². The van der Waals surface area contributed by atoms with Gasteiger partial charge in [-0.2, -0.15) is 4.31 Å². The monoisotopic (exact) mass is 419 g/mol. The predicted octanol–water partition coefficient (Wildman–Crippen LogP) is 0.526. The molecule has 0 aliphatic carbocycles.